The van der Waals surface area contributed by atoms with Crippen LogP contribution in [-0.2, 0) is 4.79 Å². The van der Waals surface area contributed by atoms with Gasteiger partial charge in [0.15, 0.2) is 0 Å². The molecule has 0 aromatic heterocycles. The van der Waals surface area contributed by atoms with Crippen LogP contribution in [0.3, 0.4) is 0 Å². The van der Waals surface area contributed by atoms with E-state index in [0.29, 0.717) is 0 Å². The lowest BCUT2D eigenvalue weighted by Gasteiger charge is -2.35. The second-order valence-corrected chi connectivity index (χ2v) is 5.94. The molecular formula is C16H34N4O. The number of amides is 1. The molecule has 124 valence electrons. The molecule has 5 heteroatoms. The van der Waals surface area contributed by atoms with Crippen molar-refractivity contribution in [3.05, 3.63) is 0 Å². The smallest absolute Gasteiger partial charge is 0.219 e. The Bertz CT molecular complexity index is 277. The van der Waals surface area contributed by atoms with Gasteiger partial charge in [0.25, 0.3) is 0 Å². The average Bonchev–Trinajstić information content (AvgIpc) is 2.49. The van der Waals surface area contributed by atoms with Gasteiger partial charge >= 0.3 is 0 Å². The summed E-state index contributed by atoms with van der Waals surface area (Å²) in [5.74, 6) is 0.212. The van der Waals surface area contributed by atoms with Gasteiger partial charge in [-0.3, -0.25) is 9.69 Å². The quantitative estimate of drug-likeness (QED) is 0.607. The molecule has 5 nitrogen and oxygen atoms in total. The molecule has 1 saturated heterocycles. The highest BCUT2D eigenvalue weighted by Gasteiger charge is 2.18. The van der Waals surface area contributed by atoms with E-state index < -0.39 is 0 Å². The molecule has 0 saturated carbocycles. The maximum Gasteiger partial charge on any atom is 0.219 e. The van der Waals surface area contributed by atoms with Crippen molar-refractivity contribution in [3.8, 4) is 0 Å². The second kappa shape index (κ2) is 11.0. The first-order valence-electron chi connectivity index (χ1n) is 8.58. The number of rotatable bonds is 10. The van der Waals surface area contributed by atoms with Gasteiger partial charge < -0.3 is 15.1 Å². The summed E-state index contributed by atoms with van der Waals surface area (Å²) in [6, 6.07) is 0. The molecule has 1 amide bonds. The largest absolute Gasteiger partial charge is 0.340 e. The minimum atomic E-state index is 0.212. The number of hydrogen-bond acceptors (Lipinski definition) is 4. The van der Waals surface area contributed by atoms with E-state index in [0.717, 1.165) is 58.9 Å². The van der Waals surface area contributed by atoms with E-state index in [4.69, 9.17) is 0 Å². The van der Waals surface area contributed by atoms with Crippen LogP contribution in [0.5, 0.6) is 0 Å². The molecule has 0 aliphatic carbocycles. The molecule has 0 bridgehead atoms. The van der Waals surface area contributed by atoms with Gasteiger partial charge in [0.1, 0.15) is 0 Å². The fourth-order valence-electron chi connectivity index (χ4n) is 2.76. The van der Waals surface area contributed by atoms with Crippen molar-refractivity contribution < 1.29 is 4.79 Å². The lowest BCUT2D eigenvalue weighted by Crippen LogP contribution is -2.50. The molecular weight excluding hydrogens is 264 g/mol. The summed E-state index contributed by atoms with van der Waals surface area (Å²) in [6.45, 7) is 16.7. The molecule has 0 spiro atoms. The van der Waals surface area contributed by atoms with E-state index in [1.165, 1.54) is 19.4 Å². The van der Waals surface area contributed by atoms with Gasteiger partial charge in [-0.05, 0) is 25.9 Å². The van der Waals surface area contributed by atoms with E-state index in [9.17, 15) is 4.79 Å². The van der Waals surface area contributed by atoms with Crippen LogP contribution in [0.4, 0.5) is 0 Å². The van der Waals surface area contributed by atoms with Crippen LogP contribution in [0.15, 0.2) is 0 Å². The summed E-state index contributed by atoms with van der Waals surface area (Å²) in [5, 5.41) is 3.48. The van der Waals surface area contributed by atoms with Crippen LogP contribution in [0.1, 0.15) is 33.6 Å². The maximum absolute atomic E-state index is 11.3. The normalized spacial score (nSPS) is 16.7. The minimum Gasteiger partial charge on any atom is -0.340 e. The third-order valence-electron chi connectivity index (χ3n) is 4.12. The Labute approximate surface area is 130 Å². The van der Waals surface area contributed by atoms with E-state index in [1.54, 1.807) is 6.92 Å². The highest BCUT2D eigenvalue weighted by Crippen LogP contribution is 2.02. The van der Waals surface area contributed by atoms with Gasteiger partial charge in [-0.2, -0.15) is 0 Å². The zero-order chi connectivity index (χ0) is 15.5. The Hall–Kier alpha value is -0.650. The van der Waals surface area contributed by atoms with E-state index in [1.807, 2.05) is 4.90 Å². The number of nitrogens with zero attached hydrogens (tertiary/aromatic N) is 3. The number of hydrogen-bond donors (Lipinski definition) is 1. The summed E-state index contributed by atoms with van der Waals surface area (Å²) < 4.78 is 0. The first-order valence-corrected chi connectivity index (χ1v) is 8.58. The summed E-state index contributed by atoms with van der Waals surface area (Å²) in [4.78, 5) is 18.3. The van der Waals surface area contributed by atoms with Crippen molar-refractivity contribution in [1.82, 2.24) is 20.0 Å². The highest BCUT2D eigenvalue weighted by atomic mass is 16.2. The first-order chi connectivity index (χ1) is 10.2. The van der Waals surface area contributed by atoms with Crippen LogP contribution < -0.4 is 5.32 Å². The molecule has 1 rings (SSSR count). The standard InChI is InChI=1S/C16H34N4O/c1-4-6-17-7-9-18(8-5-2)10-11-19-12-14-20(15-13-19)16(3)21/h17H,4-15H2,1-3H3. The fraction of sp³-hybridized carbons (Fsp3) is 0.938. The van der Waals surface area contributed by atoms with Crippen LogP contribution in [-0.4, -0.2) is 86.1 Å². The zero-order valence-electron chi connectivity index (χ0n) is 14.2. The molecule has 1 aliphatic rings. The molecule has 1 heterocycles. The second-order valence-electron chi connectivity index (χ2n) is 5.94. The molecule has 1 aliphatic heterocycles. The molecule has 0 radical (unpaired) electrons. The predicted molar refractivity (Wildman–Crippen MR) is 88.6 cm³/mol. The Morgan fingerprint density at radius 3 is 2.29 bits per heavy atom. The Morgan fingerprint density at radius 1 is 1.00 bits per heavy atom. The molecule has 0 aromatic rings. The van der Waals surface area contributed by atoms with Crippen molar-refractivity contribution in [2.45, 2.75) is 33.6 Å². The maximum atomic E-state index is 11.3. The van der Waals surface area contributed by atoms with Crippen molar-refractivity contribution >= 4 is 5.91 Å². The molecule has 0 atom stereocenters. The topological polar surface area (TPSA) is 38.8 Å². The molecule has 21 heavy (non-hydrogen) atoms. The summed E-state index contributed by atoms with van der Waals surface area (Å²) in [6.07, 6.45) is 2.42. The Kier molecular flexibility index (Phi) is 9.63. The van der Waals surface area contributed by atoms with E-state index >= 15 is 0 Å². The van der Waals surface area contributed by atoms with Crippen LogP contribution in [0, 0.1) is 0 Å². The Balaban J connectivity index is 2.19. The fourth-order valence-corrected chi connectivity index (χ4v) is 2.76. The number of carbonyl (C=O) groups excluding carboxylic acids is 1. The first kappa shape index (κ1) is 18.4. The van der Waals surface area contributed by atoms with Gasteiger partial charge in [0.2, 0.25) is 5.91 Å². The third-order valence-corrected chi connectivity index (χ3v) is 4.12. The van der Waals surface area contributed by atoms with Gasteiger partial charge in [-0.1, -0.05) is 13.8 Å². The lowest BCUT2D eigenvalue weighted by molar-refractivity contribution is -0.130. The monoisotopic (exact) mass is 298 g/mol. The Morgan fingerprint density at radius 2 is 1.71 bits per heavy atom. The van der Waals surface area contributed by atoms with Gasteiger partial charge in [0.05, 0.1) is 0 Å². The van der Waals surface area contributed by atoms with E-state index in [-0.39, 0.29) is 5.91 Å². The summed E-state index contributed by atoms with van der Waals surface area (Å²) >= 11 is 0. The van der Waals surface area contributed by atoms with Crippen molar-refractivity contribution in [2.75, 3.05) is 65.4 Å². The minimum absolute atomic E-state index is 0.212. The third kappa shape index (κ3) is 7.79. The highest BCUT2D eigenvalue weighted by molar-refractivity contribution is 5.73. The number of piperazine rings is 1. The van der Waals surface area contributed by atoms with Crippen LogP contribution in [0.2, 0.25) is 0 Å². The van der Waals surface area contributed by atoms with Crippen LogP contribution in [0.25, 0.3) is 0 Å². The average molecular weight is 298 g/mol. The molecule has 0 unspecified atom stereocenters. The van der Waals surface area contributed by atoms with E-state index in [2.05, 4.69) is 29.0 Å². The van der Waals surface area contributed by atoms with Crippen molar-refractivity contribution in [1.29, 1.82) is 0 Å². The number of nitrogens with one attached hydrogen (secondary N) is 1. The van der Waals surface area contributed by atoms with Crippen molar-refractivity contribution in [2.24, 2.45) is 0 Å². The lowest BCUT2D eigenvalue weighted by atomic mass is 10.3. The van der Waals surface area contributed by atoms with Gasteiger partial charge in [-0.15, -0.1) is 0 Å². The molecule has 0 aromatic carbocycles. The SMILES string of the molecule is CCCNCCN(CCC)CCN1CCN(C(C)=O)CC1. The van der Waals surface area contributed by atoms with Gasteiger partial charge in [-0.25, -0.2) is 0 Å². The molecule has 1 fully saturated rings. The van der Waals surface area contributed by atoms with Gasteiger partial charge in [0, 0.05) is 59.3 Å². The van der Waals surface area contributed by atoms with Crippen LogP contribution >= 0.6 is 0 Å². The number of carbonyl (C=O) groups is 1. The molecule has 1 N–H and O–H groups in total. The predicted octanol–water partition coefficient (Wildman–Crippen LogP) is 0.862. The summed E-state index contributed by atoms with van der Waals surface area (Å²) in [7, 11) is 0. The van der Waals surface area contributed by atoms with Crippen molar-refractivity contribution in [3.63, 3.8) is 0 Å². The zero-order valence-corrected chi connectivity index (χ0v) is 14.2. The summed E-state index contributed by atoms with van der Waals surface area (Å²) in [5.41, 5.74) is 0.